The molecule has 0 amide bonds. The second-order valence-corrected chi connectivity index (χ2v) is 3.76. The highest BCUT2D eigenvalue weighted by atomic mass is 16.7. The molecule has 1 aromatic rings. The summed E-state index contributed by atoms with van der Waals surface area (Å²) in [5.41, 5.74) is 0.548. The molecule has 0 bridgehead atoms. The Labute approximate surface area is 111 Å². The van der Waals surface area contributed by atoms with Gasteiger partial charge in [-0.25, -0.2) is 0 Å². The van der Waals surface area contributed by atoms with E-state index in [0.717, 1.165) is 0 Å². The minimum atomic E-state index is -0.946. The van der Waals surface area contributed by atoms with Crippen LogP contribution in [0.5, 0.6) is 11.5 Å². The van der Waals surface area contributed by atoms with Crippen LogP contribution >= 0.6 is 0 Å². The van der Waals surface area contributed by atoms with Gasteiger partial charge in [0.25, 0.3) is 0 Å². The molecular formula is C13H18O6. The topological polar surface area (TPSA) is 74.2 Å². The fraction of sp³-hybridized carbons (Fsp3) is 0.462. The van der Waals surface area contributed by atoms with Crippen LogP contribution in [0.25, 0.3) is 0 Å². The Hall–Kier alpha value is -1.79. The van der Waals surface area contributed by atoms with Crippen molar-refractivity contribution in [3.8, 4) is 11.5 Å². The zero-order chi connectivity index (χ0) is 14.3. The molecule has 1 rings (SSSR count). The molecule has 0 aromatic heterocycles. The van der Waals surface area contributed by atoms with E-state index in [-0.39, 0.29) is 13.2 Å². The third kappa shape index (κ3) is 4.42. The van der Waals surface area contributed by atoms with Gasteiger partial charge in [-0.15, -0.1) is 0 Å². The van der Waals surface area contributed by atoms with Crippen molar-refractivity contribution < 1.29 is 28.8 Å². The summed E-state index contributed by atoms with van der Waals surface area (Å²) < 4.78 is 19.8. The van der Waals surface area contributed by atoms with E-state index in [4.69, 9.17) is 14.2 Å². The van der Waals surface area contributed by atoms with Gasteiger partial charge in [-0.05, 0) is 17.7 Å². The first-order valence-electron chi connectivity index (χ1n) is 5.67. The minimum absolute atomic E-state index is 0.0976. The van der Waals surface area contributed by atoms with Crippen molar-refractivity contribution in [1.82, 2.24) is 0 Å². The van der Waals surface area contributed by atoms with Crippen LogP contribution in [0.15, 0.2) is 18.2 Å². The van der Waals surface area contributed by atoms with Crippen LogP contribution in [0.1, 0.15) is 18.1 Å². The van der Waals surface area contributed by atoms with Crippen LogP contribution in [0.3, 0.4) is 0 Å². The highest BCUT2D eigenvalue weighted by molar-refractivity contribution is 5.70. The Kier molecular flexibility index (Phi) is 6.11. The van der Waals surface area contributed by atoms with Gasteiger partial charge < -0.3 is 24.1 Å². The van der Waals surface area contributed by atoms with Crippen LogP contribution < -0.4 is 9.47 Å². The number of esters is 1. The second kappa shape index (κ2) is 7.60. The van der Waals surface area contributed by atoms with E-state index in [0.29, 0.717) is 17.1 Å². The number of carbonyl (C=O) groups excluding carboxylic acids is 1. The smallest absolute Gasteiger partial charge is 0.308 e. The summed E-state index contributed by atoms with van der Waals surface area (Å²) in [4.78, 5) is 11.1. The van der Waals surface area contributed by atoms with Crippen LogP contribution in [0, 0.1) is 0 Å². The number of benzene rings is 1. The summed E-state index contributed by atoms with van der Waals surface area (Å²) in [5.74, 6) is 0.475. The fourth-order valence-electron chi connectivity index (χ4n) is 1.49. The lowest BCUT2D eigenvalue weighted by molar-refractivity contribution is -0.142. The number of hydrogen-bond acceptors (Lipinski definition) is 6. The summed E-state index contributed by atoms with van der Waals surface area (Å²) in [6.07, 6.45) is -1.06. The van der Waals surface area contributed by atoms with Gasteiger partial charge in [0.1, 0.15) is 0 Å². The molecule has 106 valence electrons. The molecule has 0 saturated carbocycles. The first-order chi connectivity index (χ1) is 9.12. The van der Waals surface area contributed by atoms with Crippen molar-refractivity contribution in [1.29, 1.82) is 0 Å². The zero-order valence-corrected chi connectivity index (χ0v) is 11.2. The summed E-state index contributed by atoms with van der Waals surface area (Å²) in [6, 6.07) is 4.91. The minimum Gasteiger partial charge on any atom is -0.493 e. The van der Waals surface area contributed by atoms with Crippen molar-refractivity contribution in [3.05, 3.63) is 23.8 Å². The Morgan fingerprint density at radius 2 is 2.00 bits per heavy atom. The molecular weight excluding hydrogens is 252 g/mol. The molecule has 0 aliphatic rings. The normalized spacial score (nSPS) is 11.8. The maximum Gasteiger partial charge on any atom is 0.308 e. The SMILES string of the molecule is COCOc1ccc(C(O)CC(=O)OC)cc1OC. The quantitative estimate of drug-likeness (QED) is 0.594. The Bertz CT molecular complexity index is 418. The van der Waals surface area contributed by atoms with E-state index in [2.05, 4.69) is 4.74 Å². The van der Waals surface area contributed by atoms with E-state index in [1.54, 1.807) is 18.2 Å². The number of ether oxygens (including phenoxy) is 4. The van der Waals surface area contributed by atoms with Gasteiger partial charge in [-0.2, -0.15) is 0 Å². The average molecular weight is 270 g/mol. The van der Waals surface area contributed by atoms with Gasteiger partial charge >= 0.3 is 5.97 Å². The van der Waals surface area contributed by atoms with Gasteiger partial charge in [0.05, 0.1) is 26.7 Å². The van der Waals surface area contributed by atoms with Crippen molar-refractivity contribution in [3.63, 3.8) is 0 Å². The first-order valence-corrected chi connectivity index (χ1v) is 5.67. The highest BCUT2D eigenvalue weighted by Crippen LogP contribution is 2.31. The van der Waals surface area contributed by atoms with E-state index < -0.39 is 12.1 Å². The van der Waals surface area contributed by atoms with Crippen molar-refractivity contribution in [2.75, 3.05) is 28.1 Å². The largest absolute Gasteiger partial charge is 0.493 e. The molecule has 0 heterocycles. The monoisotopic (exact) mass is 270 g/mol. The molecule has 0 saturated heterocycles. The lowest BCUT2D eigenvalue weighted by atomic mass is 10.1. The number of hydrogen-bond donors (Lipinski definition) is 1. The average Bonchev–Trinajstić information content (AvgIpc) is 2.44. The van der Waals surface area contributed by atoms with Gasteiger partial charge in [-0.3, -0.25) is 4.79 Å². The predicted octanol–water partition coefficient (Wildman–Crippen LogP) is 1.27. The summed E-state index contributed by atoms with van der Waals surface area (Å²) in [6.45, 7) is 0.0976. The van der Waals surface area contributed by atoms with Crippen molar-refractivity contribution in [2.24, 2.45) is 0 Å². The molecule has 1 aromatic carbocycles. The van der Waals surface area contributed by atoms with Crippen LogP contribution in [-0.2, 0) is 14.3 Å². The molecule has 19 heavy (non-hydrogen) atoms. The number of rotatable bonds is 7. The van der Waals surface area contributed by atoms with Gasteiger partial charge in [0, 0.05) is 7.11 Å². The summed E-state index contributed by atoms with van der Waals surface area (Å²) in [7, 11) is 4.28. The third-order valence-corrected chi connectivity index (χ3v) is 2.49. The van der Waals surface area contributed by atoms with E-state index in [9.17, 15) is 9.90 Å². The molecule has 0 radical (unpaired) electrons. The molecule has 1 N–H and O–H groups in total. The van der Waals surface area contributed by atoms with Gasteiger partial charge in [0.15, 0.2) is 18.3 Å². The van der Waals surface area contributed by atoms with Crippen LogP contribution in [-0.4, -0.2) is 39.2 Å². The zero-order valence-electron chi connectivity index (χ0n) is 11.2. The molecule has 1 atom stereocenters. The van der Waals surface area contributed by atoms with Gasteiger partial charge in [0.2, 0.25) is 0 Å². The van der Waals surface area contributed by atoms with E-state index in [1.165, 1.54) is 21.3 Å². The lowest BCUT2D eigenvalue weighted by Gasteiger charge is -2.14. The molecule has 6 heteroatoms. The predicted molar refractivity (Wildman–Crippen MR) is 67.1 cm³/mol. The van der Waals surface area contributed by atoms with E-state index in [1.807, 2.05) is 0 Å². The number of aliphatic hydroxyl groups is 1. The lowest BCUT2D eigenvalue weighted by Crippen LogP contribution is -2.08. The van der Waals surface area contributed by atoms with Gasteiger partial charge in [-0.1, -0.05) is 6.07 Å². The maximum atomic E-state index is 11.1. The maximum absolute atomic E-state index is 11.1. The van der Waals surface area contributed by atoms with Crippen molar-refractivity contribution in [2.45, 2.75) is 12.5 Å². The number of aliphatic hydroxyl groups excluding tert-OH is 1. The molecule has 1 unspecified atom stereocenters. The highest BCUT2D eigenvalue weighted by Gasteiger charge is 2.15. The second-order valence-electron chi connectivity index (χ2n) is 3.76. The Morgan fingerprint density at radius 1 is 1.26 bits per heavy atom. The fourth-order valence-corrected chi connectivity index (χ4v) is 1.49. The molecule has 0 aliphatic carbocycles. The Morgan fingerprint density at radius 3 is 2.58 bits per heavy atom. The first kappa shape index (κ1) is 15.3. The van der Waals surface area contributed by atoms with E-state index >= 15 is 0 Å². The summed E-state index contributed by atoms with van der Waals surface area (Å²) in [5, 5.41) is 9.89. The molecule has 0 fully saturated rings. The Balaban J connectivity index is 2.83. The molecule has 0 spiro atoms. The summed E-state index contributed by atoms with van der Waals surface area (Å²) >= 11 is 0. The van der Waals surface area contributed by atoms with Crippen LogP contribution in [0.4, 0.5) is 0 Å². The molecule has 6 nitrogen and oxygen atoms in total. The number of methoxy groups -OCH3 is 3. The third-order valence-electron chi connectivity index (χ3n) is 2.49. The molecule has 0 aliphatic heterocycles. The van der Waals surface area contributed by atoms with Crippen LogP contribution in [0.2, 0.25) is 0 Å². The number of carbonyl (C=O) groups is 1. The standard InChI is InChI=1S/C13H18O6/c1-16-8-19-11-5-4-9(6-12(11)17-2)10(14)7-13(15)18-3/h4-6,10,14H,7-8H2,1-3H3. The van der Waals surface area contributed by atoms with Crippen molar-refractivity contribution >= 4 is 5.97 Å².